The molecule has 0 radical (unpaired) electrons. The van der Waals surface area contributed by atoms with Crippen LogP contribution in [0.4, 0.5) is 11.5 Å². The number of benzene rings is 1. The van der Waals surface area contributed by atoms with Crippen LogP contribution in [0.15, 0.2) is 36.5 Å². The highest BCUT2D eigenvalue weighted by Crippen LogP contribution is 2.29. The Bertz CT molecular complexity index is 687. The van der Waals surface area contributed by atoms with Crippen molar-refractivity contribution in [3.05, 3.63) is 52.7 Å². The second-order valence-electron chi connectivity index (χ2n) is 4.92. The maximum Gasteiger partial charge on any atom is 0.259 e. The lowest BCUT2D eigenvalue weighted by Gasteiger charge is -2.17. The third kappa shape index (κ3) is 2.59. The minimum atomic E-state index is -0.0580. The van der Waals surface area contributed by atoms with Gasteiger partial charge in [-0.1, -0.05) is 29.8 Å². The molecule has 108 valence electrons. The number of nitrogens with zero attached hydrogens (tertiary/aromatic N) is 2. The topological polar surface area (TPSA) is 45.2 Å². The van der Waals surface area contributed by atoms with Gasteiger partial charge in [0.1, 0.15) is 5.82 Å². The standard InChI is InChI=1S/C16H16ClN3O/c1-2-18-15-13(17)9-12(10-19-15)16(21)20-8-7-11-5-3-4-6-14(11)20/h3-6,9-10H,2,7-8H2,1H3,(H,18,19). The number of amides is 1. The number of halogens is 1. The summed E-state index contributed by atoms with van der Waals surface area (Å²) in [5.74, 6) is 0.551. The fraction of sp³-hybridized carbons (Fsp3) is 0.250. The van der Waals surface area contributed by atoms with Crippen LogP contribution in [-0.2, 0) is 6.42 Å². The number of carbonyl (C=O) groups excluding carboxylic acids is 1. The molecule has 0 fully saturated rings. The van der Waals surface area contributed by atoms with E-state index >= 15 is 0 Å². The van der Waals surface area contributed by atoms with Gasteiger partial charge in [-0.15, -0.1) is 0 Å². The zero-order valence-corrected chi connectivity index (χ0v) is 12.5. The molecule has 1 N–H and O–H groups in total. The molecule has 21 heavy (non-hydrogen) atoms. The molecule has 3 rings (SSSR count). The molecule has 0 spiro atoms. The van der Waals surface area contributed by atoms with Crippen LogP contribution in [0.2, 0.25) is 5.02 Å². The largest absolute Gasteiger partial charge is 0.369 e. The monoisotopic (exact) mass is 301 g/mol. The molecule has 0 aliphatic carbocycles. The van der Waals surface area contributed by atoms with Gasteiger partial charge in [0.25, 0.3) is 5.91 Å². The fourth-order valence-electron chi connectivity index (χ4n) is 2.56. The first-order valence-electron chi connectivity index (χ1n) is 7.00. The van der Waals surface area contributed by atoms with Crippen molar-refractivity contribution in [2.45, 2.75) is 13.3 Å². The molecule has 0 saturated carbocycles. The van der Waals surface area contributed by atoms with Crippen LogP contribution in [0.25, 0.3) is 0 Å². The average Bonchev–Trinajstić information content (AvgIpc) is 2.93. The lowest BCUT2D eigenvalue weighted by molar-refractivity contribution is 0.0989. The van der Waals surface area contributed by atoms with Gasteiger partial charge in [-0.2, -0.15) is 0 Å². The van der Waals surface area contributed by atoms with Crippen LogP contribution in [0.1, 0.15) is 22.8 Å². The maximum absolute atomic E-state index is 12.6. The van der Waals surface area contributed by atoms with Crippen molar-refractivity contribution in [2.75, 3.05) is 23.3 Å². The van der Waals surface area contributed by atoms with E-state index in [-0.39, 0.29) is 5.91 Å². The van der Waals surface area contributed by atoms with Crippen LogP contribution in [-0.4, -0.2) is 24.0 Å². The van der Waals surface area contributed by atoms with Crippen molar-refractivity contribution in [3.8, 4) is 0 Å². The molecular formula is C16H16ClN3O. The summed E-state index contributed by atoms with van der Waals surface area (Å²) in [6.07, 6.45) is 2.46. The molecule has 5 heteroatoms. The molecule has 1 amide bonds. The molecule has 1 aliphatic heterocycles. The summed E-state index contributed by atoms with van der Waals surface area (Å²) in [5.41, 5.74) is 2.70. The van der Waals surface area contributed by atoms with Crippen LogP contribution in [0.5, 0.6) is 0 Å². The van der Waals surface area contributed by atoms with Gasteiger partial charge in [0, 0.05) is 25.0 Å². The second kappa shape index (κ2) is 5.74. The van der Waals surface area contributed by atoms with Gasteiger partial charge >= 0.3 is 0 Å². The van der Waals surface area contributed by atoms with Crippen LogP contribution in [0, 0.1) is 0 Å². The predicted octanol–water partition coefficient (Wildman–Crippen LogP) is 3.37. The normalized spacial score (nSPS) is 13.1. The Kier molecular flexibility index (Phi) is 3.80. The Hall–Kier alpha value is -2.07. The molecule has 1 aromatic carbocycles. The van der Waals surface area contributed by atoms with Gasteiger partial charge in [-0.3, -0.25) is 4.79 Å². The van der Waals surface area contributed by atoms with Crippen molar-refractivity contribution in [2.24, 2.45) is 0 Å². The number of nitrogens with one attached hydrogen (secondary N) is 1. The first-order valence-corrected chi connectivity index (χ1v) is 7.37. The van der Waals surface area contributed by atoms with E-state index in [1.54, 1.807) is 17.2 Å². The van der Waals surface area contributed by atoms with E-state index in [0.29, 0.717) is 22.9 Å². The summed E-state index contributed by atoms with van der Waals surface area (Å²) in [5, 5.41) is 3.53. The fourth-order valence-corrected chi connectivity index (χ4v) is 2.79. The SMILES string of the molecule is CCNc1ncc(C(=O)N2CCc3ccccc32)cc1Cl. The minimum absolute atomic E-state index is 0.0580. The van der Waals surface area contributed by atoms with E-state index in [4.69, 9.17) is 11.6 Å². The average molecular weight is 302 g/mol. The Labute approximate surface area is 128 Å². The molecule has 0 saturated heterocycles. The number of aromatic nitrogens is 1. The van der Waals surface area contributed by atoms with Crippen molar-refractivity contribution in [1.82, 2.24) is 4.98 Å². The number of hydrogen-bond donors (Lipinski definition) is 1. The molecule has 1 aromatic heterocycles. The summed E-state index contributed by atoms with van der Waals surface area (Å²) in [7, 11) is 0. The zero-order valence-electron chi connectivity index (χ0n) is 11.8. The Morgan fingerprint density at radius 1 is 1.43 bits per heavy atom. The van der Waals surface area contributed by atoms with E-state index in [1.165, 1.54) is 5.56 Å². The van der Waals surface area contributed by atoms with Gasteiger partial charge in [0.2, 0.25) is 0 Å². The molecule has 0 unspecified atom stereocenters. The quantitative estimate of drug-likeness (QED) is 0.945. The highest BCUT2D eigenvalue weighted by Gasteiger charge is 2.25. The maximum atomic E-state index is 12.6. The Morgan fingerprint density at radius 3 is 3.00 bits per heavy atom. The lowest BCUT2D eigenvalue weighted by Crippen LogP contribution is -2.29. The number of pyridine rings is 1. The van der Waals surface area contributed by atoms with Gasteiger partial charge in [0.05, 0.1) is 10.6 Å². The van der Waals surface area contributed by atoms with Crippen molar-refractivity contribution in [1.29, 1.82) is 0 Å². The van der Waals surface area contributed by atoms with Gasteiger partial charge in [-0.25, -0.2) is 4.98 Å². The predicted molar refractivity (Wildman–Crippen MR) is 85.2 cm³/mol. The number of hydrogen-bond acceptors (Lipinski definition) is 3. The molecule has 0 bridgehead atoms. The van der Waals surface area contributed by atoms with E-state index in [9.17, 15) is 4.79 Å². The molecule has 2 heterocycles. The third-order valence-electron chi connectivity index (χ3n) is 3.56. The van der Waals surface area contributed by atoms with E-state index < -0.39 is 0 Å². The summed E-state index contributed by atoms with van der Waals surface area (Å²) >= 11 is 6.16. The molecule has 4 nitrogen and oxygen atoms in total. The van der Waals surface area contributed by atoms with Crippen LogP contribution in [0.3, 0.4) is 0 Å². The molecule has 2 aromatic rings. The van der Waals surface area contributed by atoms with Crippen LogP contribution < -0.4 is 10.2 Å². The zero-order chi connectivity index (χ0) is 14.8. The van der Waals surface area contributed by atoms with Crippen molar-refractivity contribution in [3.63, 3.8) is 0 Å². The summed E-state index contributed by atoms with van der Waals surface area (Å²) in [6, 6.07) is 9.65. The third-order valence-corrected chi connectivity index (χ3v) is 3.85. The minimum Gasteiger partial charge on any atom is -0.369 e. The highest BCUT2D eigenvalue weighted by atomic mass is 35.5. The molecule has 1 aliphatic rings. The second-order valence-corrected chi connectivity index (χ2v) is 5.33. The smallest absolute Gasteiger partial charge is 0.259 e. The number of carbonyl (C=O) groups is 1. The molecule has 0 atom stereocenters. The summed E-state index contributed by atoms with van der Waals surface area (Å²) in [6.45, 7) is 3.41. The van der Waals surface area contributed by atoms with Crippen molar-refractivity contribution < 1.29 is 4.79 Å². The Balaban J connectivity index is 1.88. The first-order chi connectivity index (χ1) is 10.2. The van der Waals surface area contributed by atoms with Crippen LogP contribution >= 0.6 is 11.6 Å². The first kappa shape index (κ1) is 13.9. The van der Waals surface area contributed by atoms with Gasteiger partial charge in [0.15, 0.2) is 0 Å². The summed E-state index contributed by atoms with van der Waals surface area (Å²) < 4.78 is 0. The van der Waals surface area contributed by atoms with E-state index in [0.717, 1.165) is 18.7 Å². The molecular weight excluding hydrogens is 286 g/mol. The lowest BCUT2D eigenvalue weighted by atomic mass is 10.2. The number of para-hydroxylation sites is 1. The van der Waals surface area contributed by atoms with Gasteiger partial charge < -0.3 is 10.2 Å². The Morgan fingerprint density at radius 2 is 2.24 bits per heavy atom. The van der Waals surface area contributed by atoms with E-state index in [2.05, 4.69) is 16.4 Å². The number of anilines is 2. The number of fused-ring (bicyclic) bond motifs is 1. The highest BCUT2D eigenvalue weighted by molar-refractivity contribution is 6.33. The number of rotatable bonds is 3. The van der Waals surface area contributed by atoms with Gasteiger partial charge in [-0.05, 0) is 31.0 Å². The van der Waals surface area contributed by atoms with E-state index in [1.807, 2.05) is 25.1 Å². The summed E-state index contributed by atoms with van der Waals surface area (Å²) in [4.78, 5) is 18.7. The van der Waals surface area contributed by atoms with Crippen molar-refractivity contribution >= 4 is 29.0 Å².